The van der Waals surface area contributed by atoms with Gasteiger partial charge in [0.05, 0.1) is 5.92 Å². The van der Waals surface area contributed by atoms with Crippen LogP contribution in [-0.4, -0.2) is 14.3 Å². The lowest BCUT2D eigenvalue weighted by molar-refractivity contribution is -0.140. The van der Waals surface area contributed by atoms with E-state index in [0.29, 0.717) is 0 Å². The largest absolute Gasteiger partial charge is 0.518 e. The molecule has 3 aromatic rings. The van der Waals surface area contributed by atoms with Crippen LogP contribution in [0, 0.1) is 5.92 Å². The first kappa shape index (κ1) is 28.7. The molecule has 3 rings (SSSR count). The van der Waals surface area contributed by atoms with Crippen molar-refractivity contribution >= 4 is 14.3 Å². The summed E-state index contributed by atoms with van der Waals surface area (Å²) in [7, 11) is -2.60. The van der Waals surface area contributed by atoms with E-state index in [-0.39, 0.29) is 11.9 Å². The van der Waals surface area contributed by atoms with Crippen LogP contribution in [0.15, 0.2) is 103 Å². The summed E-state index contributed by atoms with van der Waals surface area (Å²) in [4.78, 5) is 13.9. The van der Waals surface area contributed by atoms with Crippen molar-refractivity contribution in [2.75, 3.05) is 0 Å². The van der Waals surface area contributed by atoms with Crippen molar-refractivity contribution in [1.29, 1.82) is 0 Å². The van der Waals surface area contributed by atoms with Crippen LogP contribution in [0.5, 0.6) is 0 Å². The molecule has 0 N–H and O–H groups in total. The van der Waals surface area contributed by atoms with Crippen LogP contribution in [0.4, 0.5) is 0 Å². The van der Waals surface area contributed by atoms with Crippen LogP contribution in [0.25, 0.3) is 0 Å². The van der Waals surface area contributed by atoms with E-state index in [1.807, 2.05) is 0 Å². The number of hydrogen-bond acceptors (Lipinski definition) is 2. The predicted molar refractivity (Wildman–Crippen MR) is 159 cm³/mol. The minimum Gasteiger partial charge on any atom is -0.518 e. The van der Waals surface area contributed by atoms with E-state index in [4.69, 9.17) is 4.43 Å². The van der Waals surface area contributed by atoms with E-state index in [2.05, 4.69) is 117 Å². The Morgan fingerprint density at radius 1 is 0.703 bits per heavy atom. The molecule has 0 aliphatic heterocycles. The number of allylic oxidation sites excluding steroid dienone is 2. The molecule has 1 unspecified atom stereocenters. The minimum atomic E-state index is -2.60. The van der Waals surface area contributed by atoms with Gasteiger partial charge in [0.25, 0.3) is 14.3 Å². The van der Waals surface area contributed by atoms with Crippen molar-refractivity contribution in [3.05, 3.63) is 120 Å². The number of benzene rings is 3. The number of carbonyl (C=O) groups is 1. The van der Waals surface area contributed by atoms with E-state index in [1.165, 1.54) is 16.7 Å². The van der Waals surface area contributed by atoms with Gasteiger partial charge in [0, 0.05) is 18.1 Å². The fourth-order valence-corrected chi connectivity index (χ4v) is 9.29. The lowest BCUT2D eigenvalue weighted by atomic mass is 9.97. The minimum absolute atomic E-state index is 0.0191. The Bertz CT molecular complexity index is 946. The summed E-state index contributed by atoms with van der Waals surface area (Å²) in [6.07, 6.45) is 11.7. The molecule has 0 radical (unpaired) electrons. The molecular weight excluding hydrogens is 468 g/mol. The van der Waals surface area contributed by atoms with Crippen LogP contribution in [0.2, 0.25) is 0 Å². The zero-order valence-electron chi connectivity index (χ0n) is 22.8. The maximum atomic E-state index is 13.9. The third kappa shape index (κ3) is 10.2. The summed E-state index contributed by atoms with van der Waals surface area (Å²) < 4.78 is 6.85. The Morgan fingerprint density at radius 2 is 1.19 bits per heavy atom. The first-order chi connectivity index (χ1) is 18.1. The van der Waals surface area contributed by atoms with Crippen LogP contribution in [0.3, 0.4) is 0 Å². The van der Waals surface area contributed by atoms with E-state index in [1.54, 1.807) is 0 Å². The zero-order chi connectivity index (χ0) is 26.2. The van der Waals surface area contributed by atoms with Crippen LogP contribution < -0.4 is 0 Å². The molecule has 3 heteroatoms. The third-order valence-corrected chi connectivity index (χ3v) is 10.8. The Morgan fingerprint density at radius 3 is 1.62 bits per heavy atom. The maximum absolute atomic E-state index is 13.9. The molecule has 0 aromatic heterocycles. The molecule has 3 aromatic carbocycles. The SMILES string of the molecule is CCC=CCCCCC(CCC)C(=O)O[Si](Cc1ccccc1)(Cc1ccccc1)Cc1ccccc1. The van der Waals surface area contributed by atoms with Gasteiger partial charge in [-0.1, -0.05) is 130 Å². The number of carbonyl (C=O) groups excluding carboxylic acids is 1. The van der Waals surface area contributed by atoms with Crippen molar-refractivity contribution in [2.45, 2.75) is 76.9 Å². The van der Waals surface area contributed by atoms with Gasteiger partial charge in [0.15, 0.2) is 0 Å². The van der Waals surface area contributed by atoms with Gasteiger partial charge in [0.2, 0.25) is 0 Å². The van der Waals surface area contributed by atoms with Gasteiger partial charge in [-0.3, -0.25) is 4.79 Å². The second-order valence-electron chi connectivity index (χ2n) is 10.2. The predicted octanol–water partition coefficient (Wildman–Crippen LogP) is 8.76. The van der Waals surface area contributed by atoms with Crippen LogP contribution >= 0.6 is 0 Å². The quantitative estimate of drug-likeness (QED) is 0.109. The molecular formula is C34H44O2Si. The summed E-state index contributed by atoms with van der Waals surface area (Å²) >= 11 is 0. The fraction of sp³-hybridized carbons (Fsp3) is 0.382. The van der Waals surface area contributed by atoms with E-state index in [9.17, 15) is 4.79 Å². The molecule has 2 nitrogen and oxygen atoms in total. The molecule has 1 atom stereocenters. The highest BCUT2D eigenvalue weighted by Crippen LogP contribution is 2.27. The molecule has 0 bridgehead atoms. The van der Waals surface area contributed by atoms with Gasteiger partial charge in [-0.15, -0.1) is 0 Å². The lowest BCUT2D eigenvalue weighted by Gasteiger charge is -2.33. The van der Waals surface area contributed by atoms with Gasteiger partial charge in [-0.2, -0.15) is 0 Å². The first-order valence-corrected chi connectivity index (χ1v) is 16.7. The second kappa shape index (κ2) is 16.0. The van der Waals surface area contributed by atoms with Crippen molar-refractivity contribution < 1.29 is 9.22 Å². The van der Waals surface area contributed by atoms with Crippen molar-refractivity contribution in [2.24, 2.45) is 5.92 Å². The molecule has 0 amide bonds. The van der Waals surface area contributed by atoms with Crippen molar-refractivity contribution in [3.63, 3.8) is 0 Å². The Balaban J connectivity index is 1.88. The summed E-state index contributed by atoms with van der Waals surface area (Å²) in [5.41, 5.74) is 3.76. The average Bonchev–Trinajstić information content (AvgIpc) is 2.91. The molecule has 0 heterocycles. The van der Waals surface area contributed by atoms with E-state index in [0.717, 1.165) is 63.1 Å². The maximum Gasteiger partial charge on any atom is 0.295 e. The standard InChI is InChI=1S/C34H44O2Si/c1-3-5-6-7-8-18-26-33(19-4-2)34(35)36-37(27-30-20-12-9-13-21-30,28-31-22-14-10-15-23-31)29-32-24-16-11-17-25-32/h5-6,9-17,20-25,33H,3-4,7-8,18-19,26-29H2,1-2H3. The molecule has 37 heavy (non-hydrogen) atoms. The van der Waals surface area contributed by atoms with Crippen molar-refractivity contribution in [3.8, 4) is 0 Å². The zero-order valence-corrected chi connectivity index (χ0v) is 23.8. The fourth-order valence-electron chi connectivity index (χ4n) is 5.16. The number of unbranched alkanes of at least 4 members (excludes halogenated alkanes) is 2. The van der Waals surface area contributed by atoms with Gasteiger partial charge < -0.3 is 4.43 Å². The number of hydrogen-bond donors (Lipinski definition) is 0. The van der Waals surface area contributed by atoms with Crippen molar-refractivity contribution in [1.82, 2.24) is 0 Å². The van der Waals surface area contributed by atoms with Gasteiger partial charge in [-0.25, -0.2) is 0 Å². The highest BCUT2D eigenvalue weighted by atomic mass is 28.4. The second-order valence-corrected chi connectivity index (χ2v) is 13.9. The molecule has 0 saturated heterocycles. The monoisotopic (exact) mass is 512 g/mol. The lowest BCUT2D eigenvalue weighted by Crippen LogP contribution is -2.50. The molecule has 196 valence electrons. The van der Waals surface area contributed by atoms with Gasteiger partial charge in [0.1, 0.15) is 0 Å². The summed E-state index contributed by atoms with van der Waals surface area (Å²) in [6.45, 7) is 4.34. The summed E-state index contributed by atoms with van der Waals surface area (Å²) in [6, 6.07) is 34.3. The highest BCUT2D eigenvalue weighted by Gasteiger charge is 2.41. The molecule has 0 aliphatic rings. The molecule has 0 spiro atoms. The van der Waals surface area contributed by atoms with Crippen LogP contribution in [-0.2, 0) is 27.4 Å². The summed E-state index contributed by atoms with van der Waals surface area (Å²) in [5, 5.41) is 0. The highest BCUT2D eigenvalue weighted by molar-refractivity contribution is 6.73. The third-order valence-electron chi connectivity index (χ3n) is 6.97. The Hall–Kier alpha value is -2.91. The normalized spacial score (nSPS) is 12.5. The average molecular weight is 513 g/mol. The Kier molecular flexibility index (Phi) is 12.4. The topological polar surface area (TPSA) is 26.3 Å². The van der Waals surface area contributed by atoms with E-state index >= 15 is 0 Å². The molecule has 0 saturated carbocycles. The first-order valence-electron chi connectivity index (χ1n) is 14.1. The molecule has 0 fully saturated rings. The smallest absolute Gasteiger partial charge is 0.295 e. The van der Waals surface area contributed by atoms with Gasteiger partial charge >= 0.3 is 0 Å². The van der Waals surface area contributed by atoms with E-state index < -0.39 is 8.32 Å². The number of rotatable bonds is 16. The van der Waals surface area contributed by atoms with Gasteiger partial charge in [-0.05, 0) is 48.8 Å². The summed E-state index contributed by atoms with van der Waals surface area (Å²) in [5.74, 6) is 0.00904. The molecule has 0 aliphatic carbocycles. The Labute approximate surface area is 225 Å². The van der Waals surface area contributed by atoms with Crippen LogP contribution in [0.1, 0.15) is 75.5 Å².